The van der Waals surface area contributed by atoms with Gasteiger partial charge in [-0.15, -0.1) is 0 Å². The van der Waals surface area contributed by atoms with Gasteiger partial charge in [-0.05, 0) is 19.9 Å². The SMILES string of the molecule is Cc1nn(C)c(C)c1CC(=O)NNC(=O)c1nn(C)c(=O)c2ccccc12. The monoisotopic (exact) mass is 368 g/mol. The lowest BCUT2D eigenvalue weighted by Gasteiger charge is -2.10. The first-order chi connectivity index (χ1) is 12.8. The Morgan fingerprint density at radius 2 is 1.67 bits per heavy atom. The minimum Gasteiger partial charge on any atom is -0.273 e. The molecule has 0 fully saturated rings. The lowest BCUT2D eigenvalue weighted by Crippen LogP contribution is -2.43. The van der Waals surface area contributed by atoms with Gasteiger partial charge in [-0.3, -0.25) is 29.9 Å². The lowest BCUT2D eigenvalue weighted by atomic mass is 10.1. The van der Waals surface area contributed by atoms with E-state index in [1.54, 1.807) is 28.9 Å². The van der Waals surface area contributed by atoms with E-state index in [2.05, 4.69) is 21.0 Å². The van der Waals surface area contributed by atoms with Crippen LogP contribution in [0.15, 0.2) is 29.1 Å². The molecule has 2 aromatic heterocycles. The third-order valence-electron chi connectivity index (χ3n) is 4.48. The molecule has 3 aromatic rings. The molecule has 0 unspecified atom stereocenters. The molecule has 3 rings (SSSR count). The zero-order valence-electron chi connectivity index (χ0n) is 15.5. The molecule has 0 bridgehead atoms. The van der Waals surface area contributed by atoms with E-state index in [-0.39, 0.29) is 23.6 Å². The number of carbonyl (C=O) groups is 2. The molecule has 0 saturated heterocycles. The summed E-state index contributed by atoms with van der Waals surface area (Å²) in [6.45, 7) is 3.70. The molecule has 1 aromatic carbocycles. The summed E-state index contributed by atoms with van der Waals surface area (Å²) >= 11 is 0. The fourth-order valence-electron chi connectivity index (χ4n) is 2.93. The Morgan fingerprint density at radius 3 is 2.30 bits per heavy atom. The maximum atomic E-state index is 12.5. The maximum Gasteiger partial charge on any atom is 0.290 e. The van der Waals surface area contributed by atoms with Crippen LogP contribution in [0.5, 0.6) is 0 Å². The van der Waals surface area contributed by atoms with E-state index < -0.39 is 5.91 Å². The summed E-state index contributed by atoms with van der Waals surface area (Å²) in [6, 6.07) is 6.70. The molecule has 2 heterocycles. The van der Waals surface area contributed by atoms with Gasteiger partial charge in [-0.1, -0.05) is 18.2 Å². The van der Waals surface area contributed by atoms with Gasteiger partial charge in [0.2, 0.25) is 5.91 Å². The van der Waals surface area contributed by atoms with Crippen LogP contribution in [-0.4, -0.2) is 31.4 Å². The lowest BCUT2D eigenvalue weighted by molar-refractivity contribution is -0.121. The van der Waals surface area contributed by atoms with Crippen LogP contribution in [0.2, 0.25) is 0 Å². The van der Waals surface area contributed by atoms with Crippen molar-refractivity contribution in [3.63, 3.8) is 0 Å². The highest BCUT2D eigenvalue weighted by Gasteiger charge is 2.17. The van der Waals surface area contributed by atoms with Crippen LogP contribution < -0.4 is 16.4 Å². The number of hydrogen-bond acceptors (Lipinski definition) is 5. The number of fused-ring (bicyclic) bond motifs is 1. The highest BCUT2D eigenvalue weighted by molar-refractivity contribution is 6.05. The van der Waals surface area contributed by atoms with Crippen molar-refractivity contribution < 1.29 is 9.59 Å². The van der Waals surface area contributed by atoms with Crippen LogP contribution >= 0.6 is 0 Å². The van der Waals surface area contributed by atoms with E-state index in [0.29, 0.717) is 10.8 Å². The van der Waals surface area contributed by atoms with Crippen molar-refractivity contribution in [2.24, 2.45) is 14.1 Å². The van der Waals surface area contributed by atoms with Gasteiger partial charge in [0.15, 0.2) is 5.69 Å². The number of hydrogen-bond donors (Lipinski definition) is 2. The van der Waals surface area contributed by atoms with Crippen molar-refractivity contribution in [3.8, 4) is 0 Å². The Morgan fingerprint density at radius 1 is 1.00 bits per heavy atom. The van der Waals surface area contributed by atoms with Crippen LogP contribution in [0.25, 0.3) is 10.8 Å². The first-order valence-electron chi connectivity index (χ1n) is 8.34. The van der Waals surface area contributed by atoms with Crippen LogP contribution in [-0.2, 0) is 25.3 Å². The Hall–Kier alpha value is -3.49. The number of rotatable bonds is 3. The molecule has 0 radical (unpaired) electrons. The number of amides is 2. The number of benzene rings is 1. The van der Waals surface area contributed by atoms with Gasteiger partial charge in [0.05, 0.1) is 17.5 Å². The van der Waals surface area contributed by atoms with Gasteiger partial charge in [0.1, 0.15) is 0 Å². The molecule has 0 spiro atoms. The topological polar surface area (TPSA) is 111 Å². The van der Waals surface area contributed by atoms with Crippen molar-refractivity contribution >= 4 is 22.6 Å². The predicted octanol–water partition coefficient (Wildman–Crippen LogP) is 0.288. The quantitative estimate of drug-likeness (QED) is 0.646. The van der Waals surface area contributed by atoms with Crippen LogP contribution in [0.4, 0.5) is 0 Å². The number of hydrazine groups is 1. The number of nitrogens with zero attached hydrogens (tertiary/aromatic N) is 4. The predicted molar refractivity (Wildman–Crippen MR) is 99.0 cm³/mol. The Balaban J connectivity index is 1.77. The van der Waals surface area contributed by atoms with Crippen LogP contribution in [0, 0.1) is 13.8 Å². The summed E-state index contributed by atoms with van der Waals surface area (Å²) in [6.07, 6.45) is 0.0905. The molecule has 9 nitrogen and oxygen atoms in total. The van der Waals surface area contributed by atoms with Crippen molar-refractivity contribution in [1.29, 1.82) is 0 Å². The van der Waals surface area contributed by atoms with E-state index in [1.165, 1.54) is 7.05 Å². The molecule has 0 saturated carbocycles. The highest BCUT2D eigenvalue weighted by Crippen LogP contribution is 2.13. The minimum atomic E-state index is -0.602. The molecule has 140 valence electrons. The third kappa shape index (κ3) is 3.43. The molecule has 2 amide bonds. The molecule has 0 aliphatic carbocycles. The second-order valence-electron chi connectivity index (χ2n) is 6.28. The second kappa shape index (κ2) is 7.02. The van der Waals surface area contributed by atoms with E-state index in [0.717, 1.165) is 21.6 Å². The molecule has 9 heteroatoms. The third-order valence-corrected chi connectivity index (χ3v) is 4.48. The largest absolute Gasteiger partial charge is 0.290 e. The molecular formula is C18H20N6O3. The van der Waals surface area contributed by atoms with Crippen molar-refractivity contribution in [2.45, 2.75) is 20.3 Å². The Kier molecular flexibility index (Phi) is 4.76. The van der Waals surface area contributed by atoms with E-state index in [1.807, 2.05) is 20.9 Å². The summed E-state index contributed by atoms with van der Waals surface area (Å²) in [5.74, 6) is -0.980. The van der Waals surface area contributed by atoms with E-state index >= 15 is 0 Å². The summed E-state index contributed by atoms with van der Waals surface area (Å²) in [7, 11) is 3.28. The normalized spacial score (nSPS) is 10.8. The summed E-state index contributed by atoms with van der Waals surface area (Å²) in [4.78, 5) is 36.8. The maximum absolute atomic E-state index is 12.5. The van der Waals surface area contributed by atoms with Crippen molar-refractivity contribution in [1.82, 2.24) is 30.4 Å². The number of nitrogens with one attached hydrogen (secondary N) is 2. The summed E-state index contributed by atoms with van der Waals surface area (Å²) in [5, 5.41) is 9.09. The minimum absolute atomic E-state index is 0.0572. The highest BCUT2D eigenvalue weighted by atomic mass is 16.2. The second-order valence-corrected chi connectivity index (χ2v) is 6.28. The number of aryl methyl sites for hydroxylation is 3. The number of carbonyl (C=O) groups excluding carboxylic acids is 2. The van der Waals surface area contributed by atoms with Gasteiger partial charge in [0.25, 0.3) is 11.5 Å². The van der Waals surface area contributed by atoms with E-state index in [9.17, 15) is 14.4 Å². The zero-order valence-corrected chi connectivity index (χ0v) is 15.5. The van der Waals surface area contributed by atoms with Gasteiger partial charge >= 0.3 is 0 Å². The molecule has 2 N–H and O–H groups in total. The average Bonchev–Trinajstić information content (AvgIpc) is 2.89. The molecule has 0 atom stereocenters. The van der Waals surface area contributed by atoms with Crippen molar-refractivity contribution in [2.75, 3.05) is 0 Å². The van der Waals surface area contributed by atoms with Crippen molar-refractivity contribution in [3.05, 3.63) is 57.3 Å². The summed E-state index contributed by atoms with van der Waals surface area (Å²) in [5.41, 5.74) is 6.98. The standard InChI is InChI=1S/C18H20N6O3/c1-10-14(11(2)23(3)21-10)9-15(25)19-20-17(26)16-12-7-5-6-8-13(12)18(27)24(4)22-16/h5-8H,9H2,1-4H3,(H,19,25)(H,20,26). The van der Waals surface area contributed by atoms with Gasteiger partial charge in [-0.25, -0.2) is 4.68 Å². The fourth-order valence-corrected chi connectivity index (χ4v) is 2.93. The Bertz CT molecular complexity index is 1110. The van der Waals surface area contributed by atoms with Gasteiger partial charge in [-0.2, -0.15) is 10.2 Å². The van der Waals surface area contributed by atoms with Crippen LogP contribution in [0.3, 0.4) is 0 Å². The smallest absolute Gasteiger partial charge is 0.273 e. The first-order valence-corrected chi connectivity index (χ1v) is 8.34. The zero-order chi connectivity index (χ0) is 19.7. The van der Waals surface area contributed by atoms with Gasteiger partial charge < -0.3 is 0 Å². The Labute approximate surface area is 155 Å². The van der Waals surface area contributed by atoms with Crippen LogP contribution in [0.1, 0.15) is 27.4 Å². The fraction of sp³-hybridized carbons (Fsp3) is 0.278. The molecule has 27 heavy (non-hydrogen) atoms. The average molecular weight is 368 g/mol. The summed E-state index contributed by atoms with van der Waals surface area (Å²) < 4.78 is 2.80. The molecule has 0 aliphatic rings. The molecule has 0 aliphatic heterocycles. The number of aromatic nitrogens is 4. The molecular weight excluding hydrogens is 348 g/mol. The first kappa shape index (κ1) is 18.3. The van der Waals surface area contributed by atoms with E-state index in [4.69, 9.17) is 0 Å². The van der Waals surface area contributed by atoms with Gasteiger partial charge in [0, 0.05) is 30.7 Å².